The molecule has 2 heterocycles. The van der Waals surface area contributed by atoms with E-state index in [0.29, 0.717) is 11.3 Å². The maximum absolute atomic E-state index is 5.70. The summed E-state index contributed by atoms with van der Waals surface area (Å²) in [6.45, 7) is 2.09. The van der Waals surface area contributed by atoms with E-state index in [4.69, 9.17) is 16.0 Å². The van der Waals surface area contributed by atoms with Crippen LogP contribution in [0.25, 0.3) is 10.8 Å². The van der Waals surface area contributed by atoms with Crippen molar-refractivity contribution in [3.8, 4) is 10.8 Å². The average Bonchev–Trinajstić information content (AvgIpc) is 2.84. The predicted octanol–water partition coefficient (Wildman–Crippen LogP) is 3.34. The van der Waals surface area contributed by atoms with E-state index in [1.54, 1.807) is 17.4 Å². The molecule has 1 unspecified atom stereocenters. The van der Waals surface area contributed by atoms with Crippen LogP contribution in [0.15, 0.2) is 22.7 Å². The molecule has 5 heteroatoms. The van der Waals surface area contributed by atoms with Crippen molar-refractivity contribution >= 4 is 22.9 Å². The van der Waals surface area contributed by atoms with Crippen LogP contribution < -0.4 is 5.32 Å². The van der Waals surface area contributed by atoms with Gasteiger partial charge in [-0.1, -0.05) is 0 Å². The fourth-order valence-corrected chi connectivity index (χ4v) is 2.26. The van der Waals surface area contributed by atoms with Crippen LogP contribution in [0, 0.1) is 0 Å². The van der Waals surface area contributed by atoms with E-state index in [9.17, 15) is 0 Å². The van der Waals surface area contributed by atoms with Crippen LogP contribution in [-0.2, 0) is 0 Å². The third-order valence-corrected chi connectivity index (χ3v) is 3.57. The average molecular weight is 243 g/mol. The molecule has 15 heavy (non-hydrogen) atoms. The number of halogens is 1. The highest BCUT2D eigenvalue weighted by Crippen LogP contribution is 2.30. The lowest BCUT2D eigenvalue weighted by atomic mass is 10.3. The maximum atomic E-state index is 5.70. The smallest absolute Gasteiger partial charge is 0.194 e. The van der Waals surface area contributed by atoms with Crippen molar-refractivity contribution in [1.29, 1.82) is 0 Å². The lowest BCUT2D eigenvalue weighted by Gasteiger charge is -2.04. The Labute approximate surface area is 97.1 Å². The Hall–Kier alpha value is -0.840. The van der Waals surface area contributed by atoms with Gasteiger partial charge in [-0.25, -0.2) is 4.98 Å². The third kappa shape index (κ3) is 2.22. The van der Waals surface area contributed by atoms with Gasteiger partial charge in [-0.2, -0.15) is 0 Å². The molecule has 1 atom stereocenters. The van der Waals surface area contributed by atoms with E-state index in [-0.39, 0.29) is 0 Å². The molecule has 0 saturated heterocycles. The summed E-state index contributed by atoms with van der Waals surface area (Å²) in [7, 11) is 1.92. The number of hydrogen-bond donors (Lipinski definition) is 1. The van der Waals surface area contributed by atoms with E-state index in [1.807, 2.05) is 19.3 Å². The second kappa shape index (κ2) is 4.35. The van der Waals surface area contributed by atoms with Crippen molar-refractivity contribution in [2.24, 2.45) is 0 Å². The van der Waals surface area contributed by atoms with Gasteiger partial charge in [0.1, 0.15) is 0 Å². The normalized spacial score (nSPS) is 13.0. The number of nitrogens with one attached hydrogen (secondary N) is 1. The van der Waals surface area contributed by atoms with E-state index < -0.39 is 0 Å². The van der Waals surface area contributed by atoms with Crippen LogP contribution in [0.2, 0.25) is 5.22 Å². The minimum absolute atomic E-state index is 0.307. The SMILES string of the molecule is CNC(C)c1cnc(-c2ccc(Cl)o2)s1. The maximum Gasteiger partial charge on any atom is 0.194 e. The lowest BCUT2D eigenvalue weighted by molar-refractivity contribution is 0.584. The van der Waals surface area contributed by atoms with Crippen molar-refractivity contribution < 1.29 is 4.42 Å². The third-order valence-electron chi connectivity index (χ3n) is 2.17. The molecule has 3 nitrogen and oxygen atoms in total. The Morgan fingerprint density at radius 3 is 2.93 bits per heavy atom. The topological polar surface area (TPSA) is 38.1 Å². The summed E-state index contributed by atoms with van der Waals surface area (Å²) in [5.74, 6) is 0.722. The zero-order valence-corrected chi connectivity index (χ0v) is 10.0. The van der Waals surface area contributed by atoms with Crippen LogP contribution in [0.3, 0.4) is 0 Å². The molecule has 0 aromatic carbocycles. The van der Waals surface area contributed by atoms with Crippen LogP contribution in [0.5, 0.6) is 0 Å². The summed E-state index contributed by atoms with van der Waals surface area (Å²) in [4.78, 5) is 5.48. The Morgan fingerprint density at radius 1 is 1.53 bits per heavy atom. The van der Waals surface area contributed by atoms with Gasteiger partial charge in [0.05, 0.1) is 0 Å². The number of thiazole rings is 1. The molecule has 0 amide bonds. The molecule has 1 N–H and O–H groups in total. The first kappa shape index (κ1) is 10.7. The lowest BCUT2D eigenvalue weighted by Crippen LogP contribution is -2.10. The Morgan fingerprint density at radius 2 is 2.33 bits per heavy atom. The van der Waals surface area contributed by atoms with Crippen LogP contribution >= 0.6 is 22.9 Å². The number of rotatable bonds is 3. The first-order valence-electron chi connectivity index (χ1n) is 4.59. The van der Waals surface area contributed by atoms with E-state index >= 15 is 0 Å². The molecule has 0 spiro atoms. The fraction of sp³-hybridized carbons (Fsp3) is 0.300. The summed E-state index contributed by atoms with van der Waals surface area (Å²) in [6.07, 6.45) is 1.86. The molecule has 2 aromatic heterocycles. The summed E-state index contributed by atoms with van der Waals surface area (Å²) in [5, 5.41) is 4.42. The molecule has 0 aliphatic carbocycles. The van der Waals surface area contributed by atoms with Crippen LogP contribution in [-0.4, -0.2) is 12.0 Å². The highest BCUT2D eigenvalue weighted by molar-refractivity contribution is 7.15. The zero-order valence-electron chi connectivity index (χ0n) is 8.45. The number of hydrogen-bond acceptors (Lipinski definition) is 4. The summed E-state index contributed by atoms with van der Waals surface area (Å²) in [5.41, 5.74) is 0. The molecule has 0 saturated carbocycles. The minimum atomic E-state index is 0.307. The largest absolute Gasteiger partial charge is 0.442 e. The van der Waals surface area contributed by atoms with Crippen molar-refractivity contribution in [3.63, 3.8) is 0 Å². The molecule has 2 rings (SSSR count). The second-order valence-electron chi connectivity index (χ2n) is 3.18. The van der Waals surface area contributed by atoms with Gasteiger partial charge in [0, 0.05) is 17.1 Å². The number of aromatic nitrogens is 1. The van der Waals surface area contributed by atoms with Gasteiger partial charge in [0.2, 0.25) is 0 Å². The molecule has 80 valence electrons. The molecule has 0 aliphatic rings. The first-order chi connectivity index (χ1) is 7.20. The van der Waals surface area contributed by atoms with Crippen molar-refractivity contribution in [1.82, 2.24) is 10.3 Å². The van der Waals surface area contributed by atoms with Crippen LogP contribution in [0.4, 0.5) is 0 Å². The quantitative estimate of drug-likeness (QED) is 0.897. The summed E-state index contributed by atoms with van der Waals surface area (Å²) < 4.78 is 5.29. The molecule has 0 bridgehead atoms. The number of nitrogens with zero attached hydrogens (tertiary/aromatic N) is 1. The van der Waals surface area contributed by atoms with E-state index in [2.05, 4.69) is 17.2 Å². The minimum Gasteiger partial charge on any atom is -0.442 e. The standard InChI is InChI=1S/C10H11ClN2OS/c1-6(12-2)8-5-13-10(15-8)7-3-4-9(11)14-7/h3-6,12H,1-2H3. The fourth-order valence-electron chi connectivity index (χ4n) is 1.17. The first-order valence-corrected chi connectivity index (χ1v) is 5.79. The zero-order chi connectivity index (χ0) is 10.8. The molecule has 2 aromatic rings. The molecule has 0 aliphatic heterocycles. The molecular formula is C10H11ClN2OS. The number of furan rings is 1. The summed E-state index contributed by atoms with van der Waals surface area (Å²) in [6, 6.07) is 3.86. The van der Waals surface area contributed by atoms with Gasteiger partial charge in [-0.15, -0.1) is 11.3 Å². The second-order valence-corrected chi connectivity index (χ2v) is 4.62. The van der Waals surface area contributed by atoms with Gasteiger partial charge in [-0.05, 0) is 37.7 Å². The molecule has 0 radical (unpaired) electrons. The molecule has 0 fully saturated rings. The van der Waals surface area contributed by atoms with E-state index in [0.717, 1.165) is 10.8 Å². The van der Waals surface area contributed by atoms with Crippen LogP contribution in [0.1, 0.15) is 17.8 Å². The summed E-state index contributed by atoms with van der Waals surface area (Å²) >= 11 is 7.31. The van der Waals surface area contributed by atoms with Crippen molar-refractivity contribution in [3.05, 3.63) is 28.4 Å². The van der Waals surface area contributed by atoms with Gasteiger partial charge in [0.15, 0.2) is 16.0 Å². The van der Waals surface area contributed by atoms with Gasteiger partial charge in [0.25, 0.3) is 0 Å². The van der Waals surface area contributed by atoms with E-state index in [1.165, 1.54) is 4.88 Å². The highest BCUT2D eigenvalue weighted by atomic mass is 35.5. The predicted molar refractivity (Wildman–Crippen MR) is 62.3 cm³/mol. The Bertz CT molecular complexity index is 452. The monoisotopic (exact) mass is 242 g/mol. The van der Waals surface area contributed by atoms with Gasteiger partial charge in [-0.3, -0.25) is 0 Å². The van der Waals surface area contributed by atoms with Gasteiger partial charge < -0.3 is 9.73 Å². The van der Waals surface area contributed by atoms with Crippen molar-refractivity contribution in [2.75, 3.05) is 7.05 Å². The van der Waals surface area contributed by atoms with Gasteiger partial charge >= 0.3 is 0 Å². The Balaban J connectivity index is 2.27. The Kier molecular flexibility index (Phi) is 3.09. The van der Waals surface area contributed by atoms with Crippen molar-refractivity contribution in [2.45, 2.75) is 13.0 Å². The molecular weight excluding hydrogens is 232 g/mol. The highest BCUT2D eigenvalue weighted by Gasteiger charge is 2.11.